The Balaban J connectivity index is 2.32. The van der Waals surface area contributed by atoms with Gasteiger partial charge in [0, 0.05) is 5.56 Å². The van der Waals surface area contributed by atoms with Gasteiger partial charge >= 0.3 is 0 Å². The lowest BCUT2D eigenvalue weighted by Crippen LogP contribution is -2.22. The van der Waals surface area contributed by atoms with Crippen molar-refractivity contribution in [2.75, 3.05) is 13.7 Å². The van der Waals surface area contributed by atoms with Crippen LogP contribution in [0.4, 0.5) is 0 Å². The number of hydrogen-bond acceptors (Lipinski definition) is 3. The first kappa shape index (κ1) is 13.7. The Hall–Kier alpha value is -1.74. The number of hydrogen-bond donors (Lipinski definition) is 1. The van der Waals surface area contributed by atoms with Crippen molar-refractivity contribution in [2.45, 2.75) is 26.3 Å². The van der Waals surface area contributed by atoms with Crippen LogP contribution in [0, 0.1) is 6.92 Å². The highest BCUT2D eigenvalue weighted by molar-refractivity contribution is 5.40. The Morgan fingerprint density at radius 3 is 2.74 bits per heavy atom. The molecule has 1 unspecified atom stereocenters. The summed E-state index contributed by atoms with van der Waals surface area (Å²) in [6.45, 7) is 5.18. The lowest BCUT2D eigenvalue weighted by molar-refractivity contribution is 0.410. The molecule has 0 aliphatic heterocycles. The van der Waals surface area contributed by atoms with Crippen LogP contribution in [0.1, 0.15) is 36.1 Å². The predicted octanol–water partition coefficient (Wildman–Crippen LogP) is 3.69. The van der Waals surface area contributed by atoms with Gasteiger partial charge in [0.25, 0.3) is 0 Å². The van der Waals surface area contributed by atoms with E-state index in [1.165, 1.54) is 5.56 Å². The Labute approximate surface area is 114 Å². The second-order valence-electron chi connectivity index (χ2n) is 4.67. The molecular weight excluding hydrogens is 238 g/mol. The van der Waals surface area contributed by atoms with Crippen LogP contribution < -0.4 is 10.1 Å². The second kappa shape index (κ2) is 6.43. The molecule has 1 atom stereocenters. The molecule has 0 aliphatic carbocycles. The van der Waals surface area contributed by atoms with Crippen molar-refractivity contribution in [3.05, 3.63) is 53.5 Å². The Morgan fingerprint density at radius 1 is 1.26 bits per heavy atom. The van der Waals surface area contributed by atoms with Crippen LogP contribution in [0.5, 0.6) is 5.75 Å². The molecule has 1 heterocycles. The van der Waals surface area contributed by atoms with E-state index in [9.17, 15) is 0 Å². The molecule has 3 nitrogen and oxygen atoms in total. The molecule has 0 aliphatic rings. The Bertz CT molecular complexity index is 505. The fourth-order valence-corrected chi connectivity index (χ4v) is 2.17. The molecule has 1 aromatic carbocycles. The molecule has 1 aromatic heterocycles. The van der Waals surface area contributed by atoms with Gasteiger partial charge in [-0.05, 0) is 43.1 Å². The summed E-state index contributed by atoms with van der Waals surface area (Å²) in [7, 11) is 1.71. The summed E-state index contributed by atoms with van der Waals surface area (Å²) in [4.78, 5) is 0. The SMILES string of the molecule is CCCNC(c1ccoc1)c1ccc(C)c(OC)c1. The van der Waals surface area contributed by atoms with Crippen molar-refractivity contribution in [2.24, 2.45) is 0 Å². The molecule has 2 aromatic rings. The predicted molar refractivity (Wildman–Crippen MR) is 76.6 cm³/mol. The van der Waals surface area contributed by atoms with Crippen LogP contribution in [-0.4, -0.2) is 13.7 Å². The van der Waals surface area contributed by atoms with Gasteiger partial charge in [-0.25, -0.2) is 0 Å². The second-order valence-corrected chi connectivity index (χ2v) is 4.67. The van der Waals surface area contributed by atoms with Gasteiger partial charge in [-0.3, -0.25) is 0 Å². The zero-order valence-electron chi connectivity index (χ0n) is 11.8. The summed E-state index contributed by atoms with van der Waals surface area (Å²) in [6.07, 6.45) is 4.60. The molecule has 3 heteroatoms. The number of methoxy groups -OCH3 is 1. The van der Waals surface area contributed by atoms with Crippen LogP contribution >= 0.6 is 0 Å². The summed E-state index contributed by atoms with van der Waals surface area (Å²) >= 11 is 0. The van der Waals surface area contributed by atoms with Crippen molar-refractivity contribution in [3.63, 3.8) is 0 Å². The smallest absolute Gasteiger partial charge is 0.122 e. The van der Waals surface area contributed by atoms with Crippen LogP contribution in [0.15, 0.2) is 41.2 Å². The van der Waals surface area contributed by atoms with Crippen molar-refractivity contribution < 1.29 is 9.15 Å². The molecular formula is C16H21NO2. The highest BCUT2D eigenvalue weighted by Crippen LogP contribution is 2.27. The van der Waals surface area contributed by atoms with E-state index in [1.807, 2.05) is 6.07 Å². The molecule has 0 spiro atoms. The normalized spacial score (nSPS) is 12.4. The minimum absolute atomic E-state index is 0.146. The van der Waals surface area contributed by atoms with Crippen molar-refractivity contribution in [1.82, 2.24) is 5.32 Å². The van der Waals surface area contributed by atoms with Crippen molar-refractivity contribution >= 4 is 0 Å². The maximum atomic E-state index is 5.41. The maximum absolute atomic E-state index is 5.41. The number of ether oxygens (including phenoxy) is 1. The fraction of sp³-hybridized carbons (Fsp3) is 0.375. The van der Waals surface area contributed by atoms with E-state index in [-0.39, 0.29) is 6.04 Å². The van der Waals surface area contributed by atoms with E-state index >= 15 is 0 Å². The number of rotatable bonds is 6. The van der Waals surface area contributed by atoms with E-state index < -0.39 is 0 Å². The van der Waals surface area contributed by atoms with Gasteiger partial charge in [-0.1, -0.05) is 19.1 Å². The number of nitrogens with one attached hydrogen (secondary N) is 1. The first-order valence-corrected chi connectivity index (χ1v) is 6.66. The molecule has 102 valence electrons. The lowest BCUT2D eigenvalue weighted by atomic mass is 9.99. The van der Waals surface area contributed by atoms with E-state index in [2.05, 4.69) is 37.4 Å². The van der Waals surface area contributed by atoms with Crippen LogP contribution in [-0.2, 0) is 0 Å². The zero-order valence-corrected chi connectivity index (χ0v) is 11.8. The van der Waals surface area contributed by atoms with Gasteiger partial charge in [-0.15, -0.1) is 0 Å². The third kappa shape index (κ3) is 3.18. The third-order valence-corrected chi connectivity index (χ3v) is 3.24. The maximum Gasteiger partial charge on any atom is 0.122 e. The Kier molecular flexibility index (Phi) is 4.63. The molecule has 0 amide bonds. The van der Waals surface area contributed by atoms with Gasteiger partial charge in [0.2, 0.25) is 0 Å². The largest absolute Gasteiger partial charge is 0.496 e. The first-order valence-electron chi connectivity index (χ1n) is 6.66. The molecule has 0 radical (unpaired) electrons. The quantitative estimate of drug-likeness (QED) is 0.859. The number of aryl methyl sites for hydroxylation is 1. The lowest BCUT2D eigenvalue weighted by Gasteiger charge is -2.19. The summed E-state index contributed by atoms with van der Waals surface area (Å²) in [5, 5.41) is 3.54. The molecule has 19 heavy (non-hydrogen) atoms. The van der Waals surface area contributed by atoms with E-state index in [0.29, 0.717) is 0 Å². The first-order chi connectivity index (χ1) is 9.26. The van der Waals surface area contributed by atoms with E-state index in [4.69, 9.17) is 9.15 Å². The topological polar surface area (TPSA) is 34.4 Å². The molecule has 0 saturated carbocycles. The average Bonchev–Trinajstić information content (AvgIpc) is 2.95. The third-order valence-electron chi connectivity index (χ3n) is 3.24. The molecule has 0 bridgehead atoms. The zero-order chi connectivity index (χ0) is 13.7. The minimum Gasteiger partial charge on any atom is -0.496 e. The molecule has 0 saturated heterocycles. The van der Waals surface area contributed by atoms with Gasteiger partial charge in [-0.2, -0.15) is 0 Å². The highest BCUT2D eigenvalue weighted by Gasteiger charge is 2.15. The van der Waals surface area contributed by atoms with Crippen molar-refractivity contribution in [3.8, 4) is 5.75 Å². The molecule has 2 rings (SSSR count). The van der Waals surface area contributed by atoms with Gasteiger partial charge in [0.1, 0.15) is 5.75 Å². The summed E-state index contributed by atoms with van der Waals surface area (Å²) in [5.74, 6) is 0.921. The Morgan fingerprint density at radius 2 is 2.11 bits per heavy atom. The fourth-order valence-electron chi connectivity index (χ4n) is 2.17. The average molecular weight is 259 g/mol. The molecule has 1 N–H and O–H groups in total. The van der Waals surface area contributed by atoms with Crippen molar-refractivity contribution in [1.29, 1.82) is 0 Å². The minimum atomic E-state index is 0.146. The van der Waals surface area contributed by atoms with Gasteiger partial charge < -0.3 is 14.5 Å². The van der Waals surface area contributed by atoms with Crippen LogP contribution in [0.3, 0.4) is 0 Å². The van der Waals surface area contributed by atoms with Crippen LogP contribution in [0.25, 0.3) is 0 Å². The summed E-state index contributed by atoms with van der Waals surface area (Å²) in [6, 6.07) is 8.47. The van der Waals surface area contributed by atoms with E-state index in [1.54, 1.807) is 19.6 Å². The van der Waals surface area contributed by atoms with Gasteiger partial charge in [0.15, 0.2) is 0 Å². The highest BCUT2D eigenvalue weighted by atomic mass is 16.5. The monoisotopic (exact) mass is 259 g/mol. The summed E-state index contributed by atoms with van der Waals surface area (Å²) < 4.78 is 10.6. The number of furan rings is 1. The van der Waals surface area contributed by atoms with E-state index in [0.717, 1.165) is 29.8 Å². The number of benzene rings is 1. The summed E-state index contributed by atoms with van der Waals surface area (Å²) in [5.41, 5.74) is 3.48. The van der Waals surface area contributed by atoms with Crippen LogP contribution in [0.2, 0.25) is 0 Å². The molecule has 0 fully saturated rings. The standard InChI is InChI=1S/C16H21NO2/c1-4-8-17-16(14-7-9-19-11-14)13-6-5-12(2)15(10-13)18-3/h5-7,9-11,16-17H,4,8H2,1-3H3. The van der Waals surface area contributed by atoms with Gasteiger partial charge in [0.05, 0.1) is 25.7 Å².